The van der Waals surface area contributed by atoms with Gasteiger partial charge in [-0.05, 0) is 32.9 Å². The fraction of sp³-hybridized carbons (Fsp3) is 0.263. The topological polar surface area (TPSA) is 98.3 Å². The fourth-order valence-corrected chi connectivity index (χ4v) is 2.30. The first kappa shape index (κ1) is 19.3. The molecule has 0 radical (unpaired) electrons. The lowest BCUT2D eigenvalue weighted by Crippen LogP contribution is -2.27. The molecule has 0 unspecified atom stereocenters. The van der Waals surface area contributed by atoms with Gasteiger partial charge in [0.05, 0.1) is 11.9 Å². The van der Waals surface area contributed by atoms with Crippen LogP contribution in [0, 0.1) is 5.82 Å². The average Bonchev–Trinajstić information content (AvgIpc) is 2.62. The standard InChI is InChI=1S/C19H20FN5O3/c1-19(2,3)28-18(26)24-13-6-5-11(9-12(13)20)27-14-7-8-22-17-16(14)23-10-15(21-4)25-17/h5-10H,1-4H3,(H,24,26)(H,21,22,25). The van der Waals surface area contributed by atoms with Crippen LogP contribution in [0.3, 0.4) is 0 Å². The Bertz CT molecular complexity index is 1020. The molecule has 9 heteroatoms. The molecule has 3 rings (SSSR count). The molecule has 2 N–H and O–H groups in total. The van der Waals surface area contributed by atoms with Crippen molar-refractivity contribution in [1.82, 2.24) is 15.0 Å². The van der Waals surface area contributed by atoms with Crippen molar-refractivity contribution in [3.63, 3.8) is 0 Å². The van der Waals surface area contributed by atoms with E-state index in [-0.39, 0.29) is 11.4 Å². The number of benzene rings is 1. The Morgan fingerprint density at radius 1 is 1.18 bits per heavy atom. The number of hydrogen-bond acceptors (Lipinski definition) is 7. The van der Waals surface area contributed by atoms with E-state index in [0.29, 0.717) is 22.7 Å². The molecule has 0 bridgehead atoms. The lowest BCUT2D eigenvalue weighted by Gasteiger charge is -2.19. The maximum atomic E-state index is 14.4. The molecule has 0 spiro atoms. The van der Waals surface area contributed by atoms with E-state index in [4.69, 9.17) is 9.47 Å². The van der Waals surface area contributed by atoms with Gasteiger partial charge in [0.25, 0.3) is 0 Å². The number of ether oxygens (including phenoxy) is 2. The van der Waals surface area contributed by atoms with Crippen molar-refractivity contribution in [3.05, 3.63) is 42.5 Å². The van der Waals surface area contributed by atoms with Crippen LogP contribution in [-0.2, 0) is 4.74 Å². The summed E-state index contributed by atoms with van der Waals surface area (Å²) in [5, 5.41) is 5.25. The van der Waals surface area contributed by atoms with E-state index in [9.17, 15) is 9.18 Å². The number of anilines is 2. The Morgan fingerprint density at radius 3 is 2.64 bits per heavy atom. The summed E-state index contributed by atoms with van der Waals surface area (Å²) >= 11 is 0. The number of amides is 1. The van der Waals surface area contributed by atoms with Crippen LogP contribution < -0.4 is 15.4 Å². The number of aromatic nitrogens is 3. The van der Waals surface area contributed by atoms with Gasteiger partial charge in [0, 0.05) is 25.4 Å². The second-order valence-corrected chi connectivity index (χ2v) is 6.86. The molecule has 0 aliphatic heterocycles. The van der Waals surface area contributed by atoms with Crippen molar-refractivity contribution in [2.24, 2.45) is 0 Å². The van der Waals surface area contributed by atoms with E-state index < -0.39 is 17.5 Å². The average molecular weight is 385 g/mol. The highest BCUT2D eigenvalue weighted by molar-refractivity contribution is 5.85. The molecule has 2 aromatic heterocycles. The normalized spacial score (nSPS) is 11.2. The van der Waals surface area contributed by atoms with Gasteiger partial charge < -0.3 is 14.8 Å². The fourth-order valence-electron chi connectivity index (χ4n) is 2.30. The van der Waals surface area contributed by atoms with Crippen LogP contribution >= 0.6 is 0 Å². The molecule has 0 saturated carbocycles. The summed E-state index contributed by atoms with van der Waals surface area (Å²) in [6, 6.07) is 5.69. The first-order valence-corrected chi connectivity index (χ1v) is 8.52. The van der Waals surface area contributed by atoms with Crippen molar-refractivity contribution in [1.29, 1.82) is 0 Å². The number of nitrogens with one attached hydrogen (secondary N) is 2. The van der Waals surface area contributed by atoms with Gasteiger partial charge in [0.15, 0.2) is 22.7 Å². The van der Waals surface area contributed by atoms with E-state index >= 15 is 0 Å². The Kier molecular flexibility index (Phi) is 5.25. The Balaban J connectivity index is 1.80. The smallest absolute Gasteiger partial charge is 0.412 e. The molecule has 0 aliphatic rings. The molecule has 0 atom stereocenters. The van der Waals surface area contributed by atoms with Crippen LogP contribution in [0.15, 0.2) is 36.7 Å². The summed E-state index contributed by atoms with van der Waals surface area (Å²) in [6.07, 6.45) is 2.34. The Morgan fingerprint density at radius 2 is 1.96 bits per heavy atom. The number of hydrogen-bond donors (Lipinski definition) is 2. The van der Waals surface area contributed by atoms with Gasteiger partial charge in [-0.2, -0.15) is 0 Å². The zero-order valence-corrected chi connectivity index (χ0v) is 15.9. The number of nitrogens with zero attached hydrogens (tertiary/aromatic N) is 3. The number of pyridine rings is 1. The summed E-state index contributed by atoms with van der Waals surface area (Å²) in [6.45, 7) is 5.17. The monoisotopic (exact) mass is 385 g/mol. The lowest BCUT2D eigenvalue weighted by atomic mass is 10.2. The Labute approximate surface area is 161 Å². The predicted octanol–water partition coefficient (Wildman–Crippen LogP) is 4.34. The van der Waals surface area contributed by atoms with Crippen LogP contribution in [0.4, 0.5) is 20.7 Å². The first-order chi connectivity index (χ1) is 13.2. The van der Waals surface area contributed by atoms with E-state index in [1.165, 1.54) is 18.3 Å². The minimum Gasteiger partial charge on any atom is -0.455 e. The first-order valence-electron chi connectivity index (χ1n) is 8.52. The summed E-state index contributed by atoms with van der Waals surface area (Å²) < 4.78 is 25.2. The summed E-state index contributed by atoms with van der Waals surface area (Å²) in [5.41, 5.74) is 0.144. The number of rotatable bonds is 4. The molecule has 3 aromatic rings. The summed E-state index contributed by atoms with van der Waals surface area (Å²) in [7, 11) is 1.73. The third kappa shape index (κ3) is 4.61. The van der Waals surface area contributed by atoms with Crippen LogP contribution in [0.5, 0.6) is 11.5 Å². The van der Waals surface area contributed by atoms with E-state index in [1.807, 2.05) is 0 Å². The van der Waals surface area contributed by atoms with Gasteiger partial charge in [0.1, 0.15) is 17.2 Å². The van der Waals surface area contributed by atoms with Crippen LogP contribution in [0.1, 0.15) is 20.8 Å². The summed E-state index contributed by atoms with van der Waals surface area (Å²) in [4.78, 5) is 24.5. The molecule has 0 fully saturated rings. The third-order valence-electron chi connectivity index (χ3n) is 3.47. The van der Waals surface area contributed by atoms with Crippen molar-refractivity contribution in [3.8, 4) is 11.5 Å². The minimum absolute atomic E-state index is 0.0142. The van der Waals surface area contributed by atoms with Gasteiger partial charge in [-0.1, -0.05) is 0 Å². The van der Waals surface area contributed by atoms with Gasteiger partial charge in [0.2, 0.25) is 0 Å². The zero-order valence-electron chi connectivity index (χ0n) is 15.9. The van der Waals surface area contributed by atoms with Crippen molar-refractivity contribution in [2.75, 3.05) is 17.7 Å². The molecule has 2 heterocycles. The van der Waals surface area contributed by atoms with Crippen LogP contribution in [0.2, 0.25) is 0 Å². The van der Waals surface area contributed by atoms with Crippen LogP contribution in [0.25, 0.3) is 11.2 Å². The van der Waals surface area contributed by atoms with Gasteiger partial charge in [-0.15, -0.1) is 0 Å². The van der Waals surface area contributed by atoms with Crippen LogP contribution in [-0.4, -0.2) is 33.7 Å². The number of carbonyl (C=O) groups excluding carboxylic acids is 1. The molecule has 0 saturated heterocycles. The third-order valence-corrected chi connectivity index (χ3v) is 3.47. The van der Waals surface area contributed by atoms with Gasteiger partial charge >= 0.3 is 6.09 Å². The SMILES string of the molecule is CNc1cnc2c(Oc3ccc(NC(=O)OC(C)(C)C)c(F)c3)ccnc2n1. The highest BCUT2D eigenvalue weighted by Crippen LogP contribution is 2.29. The number of fused-ring (bicyclic) bond motifs is 1. The molecule has 0 aliphatic carbocycles. The van der Waals surface area contributed by atoms with E-state index in [2.05, 4.69) is 25.6 Å². The molecule has 8 nitrogen and oxygen atoms in total. The molecule has 146 valence electrons. The second kappa shape index (κ2) is 7.63. The van der Waals surface area contributed by atoms with Crippen molar-refractivity contribution < 1.29 is 18.7 Å². The largest absolute Gasteiger partial charge is 0.455 e. The lowest BCUT2D eigenvalue weighted by molar-refractivity contribution is 0.0635. The highest BCUT2D eigenvalue weighted by Gasteiger charge is 2.18. The van der Waals surface area contributed by atoms with Crippen molar-refractivity contribution in [2.45, 2.75) is 26.4 Å². The number of carbonyl (C=O) groups is 1. The number of halogens is 1. The molecular weight excluding hydrogens is 365 g/mol. The Hall–Kier alpha value is -3.49. The molecule has 1 aromatic carbocycles. The van der Waals surface area contributed by atoms with E-state index in [1.54, 1.807) is 40.1 Å². The predicted molar refractivity (Wildman–Crippen MR) is 103 cm³/mol. The summed E-state index contributed by atoms with van der Waals surface area (Å²) in [5.74, 6) is 0.526. The van der Waals surface area contributed by atoms with Gasteiger partial charge in [-0.3, -0.25) is 5.32 Å². The molecular formula is C19H20FN5O3. The maximum Gasteiger partial charge on any atom is 0.412 e. The van der Waals surface area contributed by atoms with Gasteiger partial charge in [-0.25, -0.2) is 24.1 Å². The minimum atomic E-state index is -0.740. The highest BCUT2D eigenvalue weighted by atomic mass is 19.1. The second-order valence-electron chi connectivity index (χ2n) is 6.86. The molecule has 1 amide bonds. The van der Waals surface area contributed by atoms with E-state index in [0.717, 1.165) is 6.07 Å². The van der Waals surface area contributed by atoms with Crippen molar-refractivity contribution >= 4 is 28.8 Å². The molecule has 28 heavy (non-hydrogen) atoms. The quantitative estimate of drug-likeness (QED) is 0.689. The maximum absolute atomic E-state index is 14.4. The zero-order chi connectivity index (χ0) is 20.3.